The molecule has 8 heteroatoms. The number of hydrogen-bond donors (Lipinski definition) is 0. The highest BCUT2D eigenvalue weighted by atomic mass is 35.5. The van der Waals surface area contributed by atoms with Crippen LogP contribution in [-0.2, 0) is 9.84 Å². The molecule has 0 aliphatic heterocycles. The molecule has 0 aliphatic carbocycles. The third kappa shape index (κ3) is 3.94. The van der Waals surface area contributed by atoms with Crippen LogP contribution < -0.4 is 0 Å². The van der Waals surface area contributed by atoms with Crippen LogP contribution in [0.25, 0.3) is 0 Å². The van der Waals surface area contributed by atoms with E-state index in [0.717, 1.165) is 23.1 Å². The summed E-state index contributed by atoms with van der Waals surface area (Å²) in [6.45, 7) is 7.97. The minimum absolute atomic E-state index is 0.0679. The van der Waals surface area contributed by atoms with Gasteiger partial charge in [-0.05, 0) is 38.3 Å². The van der Waals surface area contributed by atoms with Crippen molar-refractivity contribution in [1.82, 2.24) is 14.7 Å². The van der Waals surface area contributed by atoms with Crippen LogP contribution in [0, 0.1) is 20.8 Å². The summed E-state index contributed by atoms with van der Waals surface area (Å²) in [5, 5.41) is 3.63. The van der Waals surface area contributed by atoms with Crippen molar-refractivity contribution in [2.45, 2.75) is 50.5 Å². The highest BCUT2D eigenvalue weighted by Crippen LogP contribution is 2.31. The van der Waals surface area contributed by atoms with Crippen molar-refractivity contribution in [3.63, 3.8) is 0 Å². The Morgan fingerprint density at radius 2 is 1.81 bits per heavy atom. The highest BCUT2D eigenvalue weighted by Gasteiger charge is 2.29. The summed E-state index contributed by atoms with van der Waals surface area (Å²) in [5.41, 5.74) is 2.22. The molecule has 1 amide bonds. The van der Waals surface area contributed by atoms with E-state index in [4.69, 9.17) is 11.6 Å². The predicted octanol–water partition coefficient (Wildman–Crippen LogP) is 3.99. The first kappa shape index (κ1) is 20.5. The zero-order valence-electron chi connectivity index (χ0n) is 15.7. The molecule has 0 aliphatic rings. The Hall–Kier alpha value is -1.86. The summed E-state index contributed by atoms with van der Waals surface area (Å²) >= 11 is 6.14. The predicted molar refractivity (Wildman–Crippen MR) is 102 cm³/mol. The van der Waals surface area contributed by atoms with Crippen LogP contribution in [-0.4, -0.2) is 42.7 Å². The summed E-state index contributed by atoms with van der Waals surface area (Å²) in [7, 11) is -2.29. The molecule has 1 aromatic heterocycles. The quantitative estimate of drug-likeness (QED) is 0.764. The molecule has 0 fully saturated rings. The van der Waals surface area contributed by atoms with E-state index >= 15 is 0 Å². The van der Waals surface area contributed by atoms with Gasteiger partial charge in [0.1, 0.15) is 0 Å². The fourth-order valence-electron chi connectivity index (χ4n) is 2.97. The fraction of sp³-hybridized carbons (Fsp3) is 0.444. The van der Waals surface area contributed by atoms with Gasteiger partial charge in [0.2, 0.25) is 14.9 Å². The summed E-state index contributed by atoms with van der Waals surface area (Å²) < 4.78 is 27.2. The summed E-state index contributed by atoms with van der Waals surface area (Å²) in [4.78, 5) is 14.1. The fourth-order valence-corrected chi connectivity index (χ4v) is 5.07. The lowest BCUT2D eigenvalue weighted by molar-refractivity contribution is 0.206. The average Bonchev–Trinajstić information content (AvgIpc) is 2.93. The average molecular weight is 398 g/mol. The number of aryl methyl sites for hydroxylation is 3. The number of amides is 1. The molecule has 0 bridgehead atoms. The Kier molecular flexibility index (Phi) is 6.13. The number of nitrogens with zero attached hydrogens (tertiary/aromatic N) is 3. The molecule has 1 heterocycles. The normalized spacial score (nSPS) is 11.6. The van der Waals surface area contributed by atoms with Crippen molar-refractivity contribution in [3.8, 4) is 0 Å². The molecule has 2 rings (SSSR count). The van der Waals surface area contributed by atoms with Crippen LogP contribution >= 0.6 is 11.6 Å². The lowest BCUT2D eigenvalue weighted by atomic mass is 10.1. The largest absolute Gasteiger partial charge is 0.344 e. The zero-order valence-corrected chi connectivity index (χ0v) is 17.3. The Balaban J connectivity index is 2.47. The number of hydrogen-bond acceptors (Lipinski definition) is 4. The molecule has 0 spiro atoms. The van der Waals surface area contributed by atoms with Gasteiger partial charge in [-0.3, -0.25) is 0 Å². The minimum Gasteiger partial charge on any atom is -0.326 e. The van der Waals surface area contributed by atoms with Crippen molar-refractivity contribution < 1.29 is 13.2 Å². The molecule has 0 saturated heterocycles. The summed E-state index contributed by atoms with van der Waals surface area (Å²) in [6, 6.07) is 3.18. The Labute approximate surface area is 159 Å². The number of aromatic nitrogens is 2. The summed E-state index contributed by atoms with van der Waals surface area (Å²) in [6.07, 6.45) is 3.05. The minimum atomic E-state index is -3.94. The second-order valence-corrected chi connectivity index (χ2v) is 8.72. The lowest BCUT2D eigenvalue weighted by Crippen LogP contribution is -2.32. The van der Waals surface area contributed by atoms with Crippen LogP contribution in [0.2, 0.25) is 5.02 Å². The Morgan fingerprint density at radius 3 is 2.35 bits per heavy atom. The van der Waals surface area contributed by atoms with E-state index in [1.807, 2.05) is 13.8 Å². The summed E-state index contributed by atoms with van der Waals surface area (Å²) in [5.74, 6) is 0. The van der Waals surface area contributed by atoms with E-state index in [-0.39, 0.29) is 14.9 Å². The van der Waals surface area contributed by atoms with Gasteiger partial charge in [-0.15, -0.1) is 0 Å². The molecular weight excluding hydrogens is 374 g/mol. The molecule has 2 aromatic rings. The maximum Gasteiger partial charge on any atom is 0.344 e. The smallest absolute Gasteiger partial charge is 0.326 e. The van der Waals surface area contributed by atoms with Crippen LogP contribution in [0.4, 0.5) is 4.79 Å². The van der Waals surface area contributed by atoms with Crippen LogP contribution in [0.15, 0.2) is 28.3 Å². The third-order valence-corrected chi connectivity index (χ3v) is 6.52. The number of carbonyl (C=O) groups excluding carboxylic acids is 1. The second-order valence-electron chi connectivity index (χ2n) is 6.52. The van der Waals surface area contributed by atoms with Gasteiger partial charge >= 0.3 is 6.03 Å². The molecule has 6 nitrogen and oxygen atoms in total. The number of unbranched alkanes of at least 4 members (excludes halogenated alkanes) is 1. The van der Waals surface area contributed by atoms with Gasteiger partial charge in [0, 0.05) is 13.6 Å². The molecule has 0 saturated carbocycles. The number of halogens is 1. The second kappa shape index (κ2) is 7.80. The topological polar surface area (TPSA) is 72.3 Å². The molecule has 0 atom stereocenters. The third-order valence-electron chi connectivity index (χ3n) is 4.14. The van der Waals surface area contributed by atoms with Gasteiger partial charge in [-0.2, -0.15) is 9.78 Å². The monoisotopic (exact) mass is 397 g/mol. The first-order chi connectivity index (χ1) is 12.1. The van der Waals surface area contributed by atoms with Crippen molar-refractivity contribution in [3.05, 3.63) is 40.0 Å². The van der Waals surface area contributed by atoms with Crippen molar-refractivity contribution >= 4 is 27.5 Å². The highest BCUT2D eigenvalue weighted by molar-refractivity contribution is 7.91. The SMILES string of the molecule is CCCCN(C)C(=O)n1cc(Cl)c(S(=O)(=O)c2c(C)cc(C)cc2C)n1. The first-order valence-electron chi connectivity index (χ1n) is 8.43. The van der Waals surface area contributed by atoms with E-state index in [2.05, 4.69) is 5.10 Å². The van der Waals surface area contributed by atoms with Crippen molar-refractivity contribution in [1.29, 1.82) is 0 Å². The maximum atomic E-state index is 13.1. The van der Waals surface area contributed by atoms with E-state index in [9.17, 15) is 13.2 Å². The molecule has 0 N–H and O–H groups in total. The lowest BCUT2D eigenvalue weighted by Gasteiger charge is -2.15. The van der Waals surface area contributed by atoms with E-state index < -0.39 is 15.9 Å². The molecule has 0 radical (unpaired) electrons. The number of sulfone groups is 1. The molecule has 0 unspecified atom stereocenters. The van der Waals surface area contributed by atoms with Gasteiger partial charge in [-0.25, -0.2) is 13.2 Å². The molecule has 1 aromatic carbocycles. The van der Waals surface area contributed by atoms with E-state index in [0.29, 0.717) is 17.7 Å². The Morgan fingerprint density at radius 1 is 1.23 bits per heavy atom. The standard InChI is InChI=1S/C18H24ClN3O3S/c1-6-7-8-21(5)18(23)22-11-15(19)17(20-22)26(24,25)16-13(3)9-12(2)10-14(16)4/h9-11H,6-8H2,1-5H3. The molecule has 26 heavy (non-hydrogen) atoms. The van der Waals surface area contributed by atoms with E-state index in [1.165, 1.54) is 11.1 Å². The number of benzene rings is 1. The maximum absolute atomic E-state index is 13.1. The molecular formula is C18H24ClN3O3S. The van der Waals surface area contributed by atoms with Gasteiger partial charge in [-0.1, -0.05) is 42.6 Å². The van der Waals surface area contributed by atoms with Gasteiger partial charge in [0.05, 0.1) is 16.1 Å². The number of rotatable bonds is 5. The van der Waals surface area contributed by atoms with Gasteiger partial charge in [0.15, 0.2) is 0 Å². The first-order valence-corrected chi connectivity index (χ1v) is 10.3. The Bertz CT molecular complexity index is 912. The van der Waals surface area contributed by atoms with Crippen LogP contribution in [0.3, 0.4) is 0 Å². The molecule has 142 valence electrons. The van der Waals surface area contributed by atoms with Crippen LogP contribution in [0.5, 0.6) is 0 Å². The zero-order chi connectivity index (χ0) is 19.6. The number of carbonyl (C=O) groups is 1. The van der Waals surface area contributed by atoms with E-state index in [1.54, 1.807) is 33.0 Å². The van der Waals surface area contributed by atoms with Crippen molar-refractivity contribution in [2.75, 3.05) is 13.6 Å². The van der Waals surface area contributed by atoms with Gasteiger partial charge < -0.3 is 4.90 Å². The van der Waals surface area contributed by atoms with Gasteiger partial charge in [0.25, 0.3) is 0 Å². The van der Waals surface area contributed by atoms with Crippen LogP contribution in [0.1, 0.15) is 36.5 Å². The van der Waals surface area contributed by atoms with Crippen molar-refractivity contribution in [2.24, 2.45) is 0 Å².